The van der Waals surface area contributed by atoms with Crippen molar-refractivity contribution in [3.05, 3.63) is 59.5 Å². The normalized spacial score (nSPS) is 16.1. The summed E-state index contributed by atoms with van der Waals surface area (Å²) in [7, 11) is 3.08. The van der Waals surface area contributed by atoms with Crippen LogP contribution in [0.2, 0.25) is 0 Å². The fraction of sp³-hybridized carbons (Fsp3) is 0.318. The van der Waals surface area contributed by atoms with Gasteiger partial charge in [-0.3, -0.25) is 4.79 Å². The van der Waals surface area contributed by atoms with Crippen molar-refractivity contribution in [3.8, 4) is 22.9 Å². The minimum atomic E-state index is -0.259. The lowest BCUT2D eigenvalue weighted by Gasteiger charge is -2.23. The Morgan fingerprint density at radius 1 is 1.14 bits per heavy atom. The number of carbonyl (C=O) groups excluding carboxylic acids is 1. The van der Waals surface area contributed by atoms with Gasteiger partial charge in [0.25, 0.3) is 5.91 Å². The molecule has 29 heavy (non-hydrogen) atoms. The van der Waals surface area contributed by atoms with Crippen molar-refractivity contribution in [2.75, 3.05) is 20.8 Å². The third kappa shape index (κ3) is 3.55. The second-order valence-corrected chi connectivity index (χ2v) is 7.02. The number of rotatable bonds is 5. The first-order valence-electron chi connectivity index (χ1n) is 9.55. The zero-order valence-electron chi connectivity index (χ0n) is 16.7. The molecule has 1 amide bonds. The quantitative estimate of drug-likeness (QED) is 0.651. The zero-order chi connectivity index (χ0) is 20.4. The van der Waals surface area contributed by atoms with Gasteiger partial charge in [0.05, 0.1) is 19.8 Å². The number of methoxy groups -OCH3 is 2. The summed E-state index contributed by atoms with van der Waals surface area (Å²) in [6, 6.07) is 13.0. The summed E-state index contributed by atoms with van der Waals surface area (Å²) in [5.41, 5.74) is 2.50. The Kier molecular flexibility index (Phi) is 5.20. The predicted octanol–water partition coefficient (Wildman–Crippen LogP) is 4.04. The highest BCUT2D eigenvalue weighted by Gasteiger charge is 2.36. The molecule has 0 N–H and O–H groups in total. The molecule has 0 radical (unpaired) electrons. The van der Waals surface area contributed by atoms with Gasteiger partial charge in [-0.05, 0) is 31.9 Å². The third-order valence-electron chi connectivity index (χ3n) is 5.18. The monoisotopic (exact) mass is 393 g/mol. The Morgan fingerprint density at radius 2 is 1.93 bits per heavy atom. The lowest BCUT2D eigenvalue weighted by Crippen LogP contribution is -2.31. The van der Waals surface area contributed by atoms with Crippen molar-refractivity contribution >= 4 is 5.91 Å². The first-order chi connectivity index (χ1) is 14.1. The largest absolute Gasteiger partial charge is 0.493 e. The second kappa shape index (κ2) is 7.95. The van der Waals surface area contributed by atoms with Crippen LogP contribution >= 0.6 is 0 Å². The van der Waals surface area contributed by atoms with Crippen LogP contribution in [0.4, 0.5) is 0 Å². The maximum absolute atomic E-state index is 13.3. The smallest absolute Gasteiger partial charge is 0.258 e. The van der Waals surface area contributed by atoms with E-state index in [1.165, 1.54) is 7.11 Å². The molecule has 2 heterocycles. The van der Waals surface area contributed by atoms with Gasteiger partial charge < -0.3 is 18.9 Å². The summed E-state index contributed by atoms with van der Waals surface area (Å²) in [4.78, 5) is 19.6. The Labute approximate surface area is 169 Å². The van der Waals surface area contributed by atoms with Gasteiger partial charge in [0, 0.05) is 12.1 Å². The minimum Gasteiger partial charge on any atom is -0.493 e. The lowest BCUT2D eigenvalue weighted by atomic mass is 10.1. The van der Waals surface area contributed by atoms with E-state index < -0.39 is 0 Å². The number of amides is 1. The molecule has 2 aromatic carbocycles. The van der Waals surface area contributed by atoms with Crippen LogP contribution in [0.5, 0.6) is 11.5 Å². The summed E-state index contributed by atoms with van der Waals surface area (Å²) >= 11 is 0. The Balaban J connectivity index is 1.62. The summed E-state index contributed by atoms with van der Waals surface area (Å²) in [5, 5.41) is 4.12. The molecule has 1 aliphatic heterocycles. The van der Waals surface area contributed by atoms with Gasteiger partial charge in [-0.1, -0.05) is 41.1 Å². The first kappa shape index (κ1) is 19.0. The zero-order valence-corrected chi connectivity index (χ0v) is 16.7. The van der Waals surface area contributed by atoms with E-state index in [9.17, 15) is 4.79 Å². The van der Waals surface area contributed by atoms with E-state index in [0.29, 0.717) is 35.3 Å². The fourth-order valence-corrected chi connectivity index (χ4v) is 3.67. The number of aromatic nitrogens is 2. The predicted molar refractivity (Wildman–Crippen MR) is 107 cm³/mol. The van der Waals surface area contributed by atoms with E-state index in [2.05, 4.69) is 10.1 Å². The number of para-hydroxylation sites is 1. The molecule has 3 aromatic rings. The number of aryl methyl sites for hydroxylation is 1. The van der Waals surface area contributed by atoms with Crippen molar-refractivity contribution < 1.29 is 18.8 Å². The highest BCUT2D eigenvalue weighted by molar-refractivity contribution is 5.98. The van der Waals surface area contributed by atoms with Crippen LogP contribution < -0.4 is 9.47 Å². The number of nitrogens with zero attached hydrogens (tertiary/aromatic N) is 3. The number of carbonyl (C=O) groups is 1. The van der Waals surface area contributed by atoms with Gasteiger partial charge in [-0.15, -0.1) is 0 Å². The van der Waals surface area contributed by atoms with E-state index >= 15 is 0 Å². The van der Waals surface area contributed by atoms with Gasteiger partial charge in [0.2, 0.25) is 11.7 Å². The highest BCUT2D eigenvalue weighted by Crippen LogP contribution is 2.37. The van der Waals surface area contributed by atoms with Gasteiger partial charge in [-0.2, -0.15) is 4.98 Å². The molecule has 1 saturated heterocycles. The number of likely N-dealkylation sites (tertiary alicyclic amines) is 1. The van der Waals surface area contributed by atoms with Crippen LogP contribution in [0.3, 0.4) is 0 Å². The van der Waals surface area contributed by atoms with Gasteiger partial charge >= 0.3 is 0 Å². The van der Waals surface area contributed by atoms with Crippen LogP contribution in [0.25, 0.3) is 11.4 Å². The van der Waals surface area contributed by atoms with Crippen LogP contribution in [-0.4, -0.2) is 41.7 Å². The number of hydrogen-bond donors (Lipinski definition) is 0. The Bertz CT molecular complexity index is 1010. The molecule has 150 valence electrons. The minimum absolute atomic E-state index is 0.140. The summed E-state index contributed by atoms with van der Waals surface area (Å²) < 4.78 is 16.3. The summed E-state index contributed by atoms with van der Waals surface area (Å²) in [6.07, 6.45) is 1.64. The molecule has 0 saturated carbocycles. The molecule has 1 aliphatic rings. The molecular formula is C22H23N3O4. The molecule has 1 aromatic heterocycles. The molecule has 4 rings (SSSR count). The van der Waals surface area contributed by atoms with Crippen molar-refractivity contribution in [1.82, 2.24) is 15.0 Å². The standard InChI is InChI=1S/C22H23N3O4/c1-14-9-11-15(12-10-14)20-23-21(29-24-20)17-7-5-13-25(17)22(26)16-6-4-8-18(27-2)19(16)28-3/h4,6,8-12,17H,5,7,13H2,1-3H3. The maximum atomic E-state index is 13.3. The topological polar surface area (TPSA) is 77.7 Å². The second-order valence-electron chi connectivity index (χ2n) is 7.02. The Morgan fingerprint density at radius 3 is 2.66 bits per heavy atom. The summed E-state index contributed by atoms with van der Waals surface area (Å²) in [5.74, 6) is 1.79. The van der Waals surface area contributed by atoms with Crippen molar-refractivity contribution in [3.63, 3.8) is 0 Å². The van der Waals surface area contributed by atoms with E-state index in [1.807, 2.05) is 31.2 Å². The van der Waals surface area contributed by atoms with Gasteiger partial charge in [0.1, 0.15) is 6.04 Å². The van der Waals surface area contributed by atoms with E-state index in [-0.39, 0.29) is 11.9 Å². The molecule has 0 bridgehead atoms. The maximum Gasteiger partial charge on any atom is 0.258 e. The molecule has 7 nitrogen and oxygen atoms in total. The van der Waals surface area contributed by atoms with Gasteiger partial charge in [-0.25, -0.2) is 0 Å². The van der Waals surface area contributed by atoms with Crippen molar-refractivity contribution in [2.45, 2.75) is 25.8 Å². The first-order valence-corrected chi connectivity index (χ1v) is 9.55. The molecule has 1 unspecified atom stereocenters. The highest BCUT2D eigenvalue weighted by atomic mass is 16.5. The van der Waals surface area contributed by atoms with Crippen LogP contribution in [0, 0.1) is 6.92 Å². The molecule has 0 aliphatic carbocycles. The number of benzene rings is 2. The average molecular weight is 393 g/mol. The van der Waals surface area contributed by atoms with Crippen molar-refractivity contribution in [2.24, 2.45) is 0 Å². The number of ether oxygens (including phenoxy) is 2. The molecule has 1 fully saturated rings. The van der Waals surface area contributed by atoms with E-state index in [0.717, 1.165) is 24.0 Å². The SMILES string of the molecule is COc1cccc(C(=O)N2CCCC2c2nc(-c3ccc(C)cc3)no2)c1OC. The molecule has 0 spiro atoms. The molecular weight excluding hydrogens is 370 g/mol. The van der Waals surface area contributed by atoms with E-state index in [4.69, 9.17) is 14.0 Å². The van der Waals surface area contributed by atoms with E-state index in [1.54, 1.807) is 30.2 Å². The fourth-order valence-electron chi connectivity index (χ4n) is 3.67. The van der Waals surface area contributed by atoms with Crippen LogP contribution in [0.1, 0.15) is 40.7 Å². The summed E-state index contributed by atoms with van der Waals surface area (Å²) in [6.45, 7) is 2.65. The van der Waals surface area contributed by atoms with Crippen LogP contribution in [-0.2, 0) is 0 Å². The number of hydrogen-bond acceptors (Lipinski definition) is 6. The van der Waals surface area contributed by atoms with Crippen molar-refractivity contribution in [1.29, 1.82) is 0 Å². The lowest BCUT2D eigenvalue weighted by molar-refractivity contribution is 0.0706. The Hall–Kier alpha value is -3.35. The van der Waals surface area contributed by atoms with Crippen LogP contribution in [0.15, 0.2) is 47.0 Å². The average Bonchev–Trinajstić information content (AvgIpc) is 3.42. The molecule has 1 atom stereocenters. The van der Waals surface area contributed by atoms with Gasteiger partial charge in [0.15, 0.2) is 11.5 Å². The third-order valence-corrected chi connectivity index (χ3v) is 5.18. The molecule has 7 heteroatoms.